The molecule has 1 aliphatic rings. The maximum absolute atomic E-state index is 12.3. The minimum atomic E-state index is -0.00727. The number of aromatic nitrogens is 1. The topological polar surface area (TPSA) is 51.7 Å². The smallest absolute Gasteiger partial charge is 0.255 e. The van der Waals surface area contributed by atoms with E-state index in [0.717, 1.165) is 0 Å². The number of methoxy groups -OCH3 is 1. The van der Waals surface area contributed by atoms with E-state index in [4.69, 9.17) is 9.47 Å². The van der Waals surface area contributed by atoms with Gasteiger partial charge in [-0.05, 0) is 19.9 Å². The Balaban J connectivity index is 2.09. The average Bonchev–Trinajstić information content (AvgIpc) is 2.37. The first kappa shape index (κ1) is 12.8. The number of hydrogen-bond acceptors (Lipinski definition) is 4. The zero-order valence-corrected chi connectivity index (χ0v) is 10.9. The molecule has 1 fully saturated rings. The van der Waals surface area contributed by atoms with Crippen LogP contribution in [0, 0.1) is 0 Å². The molecule has 1 saturated heterocycles. The Morgan fingerprint density at radius 2 is 2.06 bits per heavy atom. The quantitative estimate of drug-likeness (QED) is 0.794. The molecule has 0 aliphatic carbocycles. The van der Waals surface area contributed by atoms with Crippen LogP contribution in [0.25, 0.3) is 0 Å². The van der Waals surface area contributed by atoms with Crippen molar-refractivity contribution in [1.29, 1.82) is 0 Å². The summed E-state index contributed by atoms with van der Waals surface area (Å²) in [6.07, 6.45) is 1.69. The van der Waals surface area contributed by atoms with Crippen molar-refractivity contribution < 1.29 is 14.3 Å². The highest BCUT2D eigenvalue weighted by Crippen LogP contribution is 2.15. The Kier molecular flexibility index (Phi) is 3.81. The summed E-state index contributed by atoms with van der Waals surface area (Å²) in [6.45, 7) is 5.19. The van der Waals surface area contributed by atoms with Crippen molar-refractivity contribution in [1.82, 2.24) is 9.88 Å². The van der Waals surface area contributed by atoms with E-state index in [1.54, 1.807) is 25.4 Å². The summed E-state index contributed by atoms with van der Waals surface area (Å²) in [6, 6.07) is 3.43. The van der Waals surface area contributed by atoms with Gasteiger partial charge in [0, 0.05) is 25.4 Å². The lowest BCUT2D eigenvalue weighted by molar-refractivity contribution is -0.0586. The number of ether oxygens (including phenoxy) is 2. The van der Waals surface area contributed by atoms with E-state index in [1.807, 2.05) is 18.7 Å². The van der Waals surface area contributed by atoms with Gasteiger partial charge >= 0.3 is 0 Å². The highest BCUT2D eigenvalue weighted by molar-refractivity contribution is 5.94. The van der Waals surface area contributed by atoms with Gasteiger partial charge in [-0.2, -0.15) is 0 Å². The van der Waals surface area contributed by atoms with Gasteiger partial charge in [0.15, 0.2) is 0 Å². The van der Waals surface area contributed by atoms with E-state index < -0.39 is 0 Å². The second kappa shape index (κ2) is 5.35. The van der Waals surface area contributed by atoms with Gasteiger partial charge in [-0.3, -0.25) is 4.79 Å². The van der Waals surface area contributed by atoms with Gasteiger partial charge in [0.25, 0.3) is 5.91 Å². The van der Waals surface area contributed by atoms with Crippen LogP contribution in [-0.2, 0) is 4.74 Å². The molecule has 5 nitrogen and oxygen atoms in total. The van der Waals surface area contributed by atoms with Crippen LogP contribution < -0.4 is 4.74 Å². The Morgan fingerprint density at radius 3 is 2.56 bits per heavy atom. The normalized spacial score (nSPS) is 23.8. The molecule has 0 N–H and O–H groups in total. The first-order valence-corrected chi connectivity index (χ1v) is 6.05. The summed E-state index contributed by atoms with van der Waals surface area (Å²) in [4.78, 5) is 18.1. The standard InChI is InChI=1S/C13H18N2O3/c1-9-7-15(8-10(2)18-9)13(16)11-4-5-12(17-3)14-6-11/h4-6,9-10H,7-8H2,1-3H3/t9-,10+. The van der Waals surface area contributed by atoms with Crippen molar-refractivity contribution in [3.8, 4) is 5.88 Å². The largest absolute Gasteiger partial charge is 0.481 e. The zero-order valence-electron chi connectivity index (χ0n) is 10.9. The maximum Gasteiger partial charge on any atom is 0.255 e. The van der Waals surface area contributed by atoms with Crippen LogP contribution in [0.1, 0.15) is 24.2 Å². The van der Waals surface area contributed by atoms with Crippen LogP contribution in [0.3, 0.4) is 0 Å². The van der Waals surface area contributed by atoms with Gasteiger partial charge < -0.3 is 14.4 Å². The van der Waals surface area contributed by atoms with Crippen LogP contribution >= 0.6 is 0 Å². The Hall–Kier alpha value is -1.62. The first-order valence-electron chi connectivity index (χ1n) is 6.05. The molecule has 0 bridgehead atoms. The van der Waals surface area contributed by atoms with Crippen molar-refractivity contribution in [2.24, 2.45) is 0 Å². The van der Waals surface area contributed by atoms with Gasteiger partial charge in [0.05, 0.1) is 24.9 Å². The number of morpholine rings is 1. The van der Waals surface area contributed by atoms with Crippen LogP contribution in [-0.4, -0.2) is 48.2 Å². The van der Waals surface area contributed by atoms with E-state index in [1.165, 1.54) is 0 Å². The average molecular weight is 250 g/mol. The number of hydrogen-bond donors (Lipinski definition) is 0. The molecular weight excluding hydrogens is 232 g/mol. The lowest BCUT2D eigenvalue weighted by atomic mass is 10.2. The van der Waals surface area contributed by atoms with Gasteiger partial charge in [-0.1, -0.05) is 0 Å². The van der Waals surface area contributed by atoms with E-state index >= 15 is 0 Å². The second-order valence-corrected chi connectivity index (χ2v) is 4.56. The van der Waals surface area contributed by atoms with Crippen LogP contribution in [0.2, 0.25) is 0 Å². The Labute approximate surface area is 107 Å². The molecular formula is C13H18N2O3. The fourth-order valence-electron chi connectivity index (χ4n) is 2.15. The molecule has 2 atom stereocenters. The fourth-order valence-corrected chi connectivity index (χ4v) is 2.15. The lowest BCUT2D eigenvalue weighted by Gasteiger charge is -2.35. The minimum absolute atomic E-state index is 0.00727. The van der Waals surface area contributed by atoms with E-state index in [9.17, 15) is 4.79 Å². The SMILES string of the molecule is COc1ccc(C(=O)N2C[C@@H](C)O[C@@H](C)C2)cn1. The van der Waals surface area contributed by atoms with E-state index in [2.05, 4.69) is 4.98 Å². The molecule has 1 aromatic heterocycles. The zero-order chi connectivity index (χ0) is 13.1. The first-order chi connectivity index (χ1) is 8.60. The highest BCUT2D eigenvalue weighted by Gasteiger charge is 2.26. The molecule has 1 amide bonds. The van der Waals surface area contributed by atoms with Gasteiger partial charge in [-0.15, -0.1) is 0 Å². The number of amides is 1. The molecule has 0 aromatic carbocycles. The second-order valence-electron chi connectivity index (χ2n) is 4.56. The fraction of sp³-hybridized carbons (Fsp3) is 0.538. The third kappa shape index (κ3) is 2.79. The molecule has 5 heteroatoms. The molecule has 0 unspecified atom stereocenters. The number of nitrogens with zero attached hydrogens (tertiary/aromatic N) is 2. The summed E-state index contributed by atoms with van der Waals surface area (Å²) in [5.41, 5.74) is 0.581. The van der Waals surface area contributed by atoms with Crippen LogP contribution in [0.4, 0.5) is 0 Å². The molecule has 2 rings (SSSR count). The minimum Gasteiger partial charge on any atom is -0.481 e. The van der Waals surface area contributed by atoms with Crippen molar-refractivity contribution in [3.05, 3.63) is 23.9 Å². The molecule has 98 valence electrons. The molecule has 2 heterocycles. The van der Waals surface area contributed by atoms with Crippen LogP contribution in [0.15, 0.2) is 18.3 Å². The molecule has 0 radical (unpaired) electrons. The van der Waals surface area contributed by atoms with Crippen molar-refractivity contribution in [2.45, 2.75) is 26.1 Å². The highest BCUT2D eigenvalue weighted by atomic mass is 16.5. The van der Waals surface area contributed by atoms with E-state index in [-0.39, 0.29) is 18.1 Å². The third-order valence-electron chi connectivity index (χ3n) is 2.90. The molecule has 18 heavy (non-hydrogen) atoms. The summed E-state index contributed by atoms with van der Waals surface area (Å²) in [7, 11) is 1.55. The maximum atomic E-state index is 12.3. The van der Waals surface area contributed by atoms with Gasteiger partial charge in [0.2, 0.25) is 5.88 Å². The number of carbonyl (C=O) groups is 1. The number of rotatable bonds is 2. The monoisotopic (exact) mass is 250 g/mol. The molecule has 0 spiro atoms. The Bertz CT molecular complexity index is 409. The Morgan fingerprint density at radius 1 is 1.39 bits per heavy atom. The summed E-state index contributed by atoms with van der Waals surface area (Å²) < 4.78 is 10.6. The predicted octanol–water partition coefficient (Wildman–Crippen LogP) is 1.34. The molecule has 1 aliphatic heterocycles. The molecule has 1 aromatic rings. The van der Waals surface area contributed by atoms with Gasteiger partial charge in [-0.25, -0.2) is 4.98 Å². The summed E-state index contributed by atoms with van der Waals surface area (Å²) in [5, 5.41) is 0. The van der Waals surface area contributed by atoms with Crippen molar-refractivity contribution in [3.63, 3.8) is 0 Å². The number of pyridine rings is 1. The number of carbonyl (C=O) groups excluding carboxylic acids is 1. The predicted molar refractivity (Wildman–Crippen MR) is 66.7 cm³/mol. The van der Waals surface area contributed by atoms with Crippen LogP contribution in [0.5, 0.6) is 5.88 Å². The summed E-state index contributed by atoms with van der Waals surface area (Å²) >= 11 is 0. The lowest BCUT2D eigenvalue weighted by Crippen LogP contribution is -2.48. The molecule has 0 saturated carbocycles. The summed E-state index contributed by atoms with van der Waals surface area (Å²) in [5.74, 6) is 0.502. The van der Waals surface area contributed by atoms with Crippen molar-refractivity contribution in [2.75, 3.05) is 20.2 Å². The third-order valence-corrected chi connectivity index (χ3v) is 2.90. The van der Waals surface area contributed by atoms with E-state index in [0.29, 0.717) is 24.5 Å². The van der Waals surface area contributed by atoms with Gasteiger partial charge in [0.1, 0.15) is 0 Å². The van der Waals surface area contributed by atoms with Crippen molar-refractivity contribution >= 4 is 5.91 Å².